The Balaban J connectivity index is 2.18. The molecule has 0 spiro atoms. The molecule has 0 fully saturated rings. The first-order valence-corrected chi connectivity index (χ1v) is 6.02. The zero-order chi connectivity index (χ0) is 11.4. The predicted molar refractivity (Wildman–Crippen MR) is 64.9 cm³/mol. The number of nitrogens with zero attached hydrogens (tertiary/aromatic N) is 1. The van der Waals surface area contributed by atoms with Crippen molar-refractivity contribution in [2.45, 2.75) is 13.5 Å². The fourth-order valence-corrected chi connectivity index (χ4v) is 2.27. The van der Waals surface area contributed by atoms with Crippen molar-refractivity contribution in [2.75, 3.05) is 6.54 Å². The minimum absolute atomic E-state index is 0.221. The van der Waals surface area contributed by atoms with Crippen LogP contribution in [0.4, 0.5) is 4.39 Å². The standard InChI is InChI=1S/C12H13FN2S/c1-2-14-7-11-8-15-12(16-11)9-4-3-5-10(13)6-9/h3-6,8,14H,2,7H2,1H3. The van der Waals surface area contributed by atoms with Crippen molar-refractivity contribution in [3.8, 4) is 10.6 Å². The van der Waals surface area contributed by atoms with Gasteiger partial charge in [0.2, 0.25) is 0 Å². The maximum absolute atomic E-state index is 13.0. The van der Waals surface area contributed by atoms with Crippen molar-refractivity contribution in [3.63, 3.8) is 0 Å². The molecule has 0 unspecified atom stereocenters. The first-order chi connectivity index (χ1) is 7.79. The van der Waals surface area contributed by atoms with Gasteiger partial charge in [0.05, 0.1) is 0 Å². The van der Waals surface area contributed by atoms with Gasteiger partial charge in [-0.15, -0.1) is 11.3 Å². The van der Waals surface area contributed by atoms with Crippen LogP contribution in [-0.2, 0) is 6.54 Å². The smallest absolute Gasteiger partial charge is 0.123 e. The van der Waals surface area contributed by atoms with E-state index in [0.717, 1.165) is 23.7 Å². The lowest BCUT2D eigenvalue weighted by molar-refractivity contribution is 0.628. The van der Waals surface area contributed by atoms with Gasteiger partial charge in [-0.25, -0.2) is 9.37 Å². The Hall–Kier alpha value is -1.26. The summed E-state index contributed by atoms with van der Waals surface area (Å²) in [6, 6.07) is 6.53. The van der Waals surface area contributed by atoms with Gasteiger partial charge in [-0.2, -0.15) is 0 Å². The van der Waals surface area contributed by atoms with Crippen LogP contribution in [0.15, 0.2) is 30.5 Å². The number of rotatable bonds is 4. The maximum Gasteiger partial charge on any atom is 0.123 e. The minimum atomic E-state index is -0.221. The summed E-state index contributed by atoms with van der Waals surface area (Å²) in [5.74, 6) is -0.221. The summed E-state index contributed by atoms with van der Waals surface area (Å²) in [4.78, 5) is 5.46. The molecule has 1 heterocycles. The van der Waals surface area contributed by atoms with E-state index in [1.165, 1.54) is 17.0 Å². The fraction of sp³-hybridized carbons (Fsp3) is 0.250. The van der Waals surface area contributed by atoms with Crippen LogP contribution in [0.1, 0.15) is 11.8 Å². The second-order valence-electron chi connectivity index (χ2n) is 3.42. The SMILES string of the molecule is CCNCc1cnc(-c2cccc(F)c2)s1. The molecular weight excluding hydrogens is 223 g/mol. The quantitative estimate of drug-likeness (QED) is 0.882. The second kappa shape index (κ2) is 5.18. The van der Waals surface area contributed by atoms with E-state index in [4.69, 9.17) is 0 Å². The third-order valence-electron chi connectivity index (χ3n) is 2.17. The van der Waals surface area contributed by atoms with E-state index in [2.05, 4.69) is 17.2 Å². The molecule has 0 atom stereocenters. The molecule has 2 rings (SSSR count). The van der Waals surface area contributed by atoms with Crippen LogP contribution in [0.5, 0.6) is 0 Å². The van der Waals surface area contributed by atoms with E-state index >= 15 is 0 Å². The lowest BCUT2D eigenvalue weighted by Gasteiger charge is -1.96. The monoisotopic (exact) mass is 236 g/mol. The number of hydrogen-bond donors (Lipinski definition) is 1. The Morgan fingerprint density at radius 2 is 2.31 bits per heavy atom. The van der Waals surface area contributed by atoms with Gasteiger partial charge in [0.15, 0.2) is 0 Å². The predicted octanol–water partition coefficient (Wildman–Crippen LogP) is 3.06. The van der Waals surface area contributed by atoms with Gasteiger partial charge in [-0.3, -0.25) is 0 Å². The van der Waals surface area contributed by atoms with E-state index in [0.29, 0.717) is 0 Å². The molecule has 0 saturated heterocycles. The molecule has 84 valence electrons. The molecule has 0 aliphatic heterocycles. The van der Waals surface area contributed by atoms with Crippen LogP contribution in [0.2, 0.25) is 0 Å². The second-order valence-corrected chi connectivity index (χ2v) is 4.54. The van der Waals surface area contributed by atoms with Gasteiger partial charge in [0.1, 0.15) is 10.8 Å². The minimum Gasteiger partial charge on any atom is -0.312 e. The maximum atomic E-state index is 13.0. The average Bonchev–Trinajstić information content (AvgIpc) is 2.75. The summed E-state index contributed by atoms with van der Waals surface area (Å²) in [5, 5.41) is 4.11. The van der Waals surface area contributed by atoms with Crippen molar-refractivity contribution in [1.29, 1.82) is 0 Å². The molecule has 0 saturated carbocycles. The van der Waals surface area contributed by atoms with Crippen LogP contribution < -0.4 is 5.32 Å². The molecule has 0 aliphatic carbocycles. The van der Waals surface area contributed by atoms with E-state index in [1.807, 2.05) is 12.3 Å². The normalized spacial score (nSPS) is 10.6. The zero-order valence-corrected chi connectivity index (χ0v) is 9.85. The molecule has 1 aromatic heterocycles. The zero-order valence-electron chi connectivity index (χ0n) is 9.03. The largest absolute Gasteiger partial charge is 0.312 e. The van der Waals surface area contributed by atoms with Crippen LogP contribution in [0, 0.1) is 5.82 Å². The lowest BCUT2D eigenvalue weighted by atomic mass is 10.2. The Morgan fingerprint density at radius 1 is 1.44 bits per heavy atom. The lowest BCUT2D eigenvalue weighted by Crippen LogP contribution is -2.10. The topological polar surface area (TPSA) is 24.9 Å². The van der Waals surface area contributed by atoms with Crippen LogP contribution in [-0.4, -0.2) is 11.5 Å². The highest BCUT2D eigenvalue weighted by atomic mass is 32.1. The highest BCUT2D eigenvalue weighted by Crippen LogP contribution is 2.25. The molecule has 0 amide bonds. The summed E-state index contributed by atoms with van der Waals surface area (Å²) in [7, 11) is 0. The summed E-state index contributed by atoms with van der Waals surface area (Å²) in [5.41, 5.74) is 0.841. The Kier molecular flexibility index (Phi) is 3.64. The van der Waals surface area contributed by atoms with Crippen LogP contribution in [0.25, 0.3) is 10.6 Å². The van der Waals surface area contributed by atoms with E-state index in [9.17, 15) is 4.39 Å². The molecular formula is C12H13FN2S. The van der Waals surface area contributed by atoms with E-state index in [1.54, 1.807) is 17.4 Å². The number of nitrogens with one attached hydrogen (secondary N) is 1. The third kappa shape index (κ3) is 2.65. The third-order valence-corrected chi connectivity index (χ3v) is 3.22. The Bertz CT molecular complexity index is 468. The van der Waals surface area contributed by atoms with Gasteiger partial charge >= 0.3 is 0 Å². The van der Waals surface area contributed by atoms with Crippen molar-refractivity contribution in [1.82, 2.24) is 10.3 Å². The number of halogens is 1. The Labute approximate surface area is 98.2 Å². The van der Waals surface area contributed by atoms with Gasteiger partial charge in [-0.05, 0) is 18.7 Å². The van der Waals surface area contributed by atoms with Gasteiger partial charge in [0, 0.05) is 23.2 Å². The Morgan fingerprint density at radius 3 is 3.06 bits per heavy atom. The fourth-order valence-electron chi connectivity index (χ4n) is 1.39. The highest BCUT2D eigenvalue weighted by Gasteiger charge is 2.04. The number of aromatic nitrogens is 1. The van der Waals surface area contributed by atoms with E-state index < -0.39 is 0 Å². The number of benzene rings is 1. The van der Waals surface area contributed by atoms with Gasteiger partial charge < -0.3 is 5.32 Å². The molecule has 0 radical (unpaired) electrons. The molecule has 0 aliphatic rings. The average molecular weight is 236 g/mol. The highest BCUT2D eigenvalue weighted by molar-refractivity contribution is 7.15. The molecule has 2 nitrogen and oxygen atoms in total. The summed E-state index contributed by atoms with van der Waals surface area (Å²) >= 11 is 1.59. The van der Waals surface area contributed by atoms with Crippen molar-refractivity contribution < 1.29 is 4.39 Å². The van der Waals surface area contributed by atoms with Gasteiger partial charge in [-0.1, -0.05) is 19.1 Å². The number of hydrogen-bond acceptors (Lipinski definition) is 3. The molecule has 2 aromatic rings. The summed E-state index contributed by atoms with van der Waals surface area (Å²) < 4.78 is 13.0. The molecule has 0 bridgehead atoms. The molecule has 16 heavy (non-hydrogen) atoms. The van der Waals surface area contributed by atoms with Gasteiger partial charge in [0.25, 0.3) is 0 Å². The summed E-state index contributed by atoms with van der Waals surface area (Å²) in [6.07, 6.45) is 1.84. The van der Waals surface area contributed by atoms with Crippen molar-refractivity contribution >= 4 is 11.3 Å². The number of thiazole rings is 1. The van der Waals surface area contributed by atoms with E-state index in [-0.39, 0.29) is 5.82 Å². The molecule has 1 N–H and O–H groups in total. The van der Waals surface area contributed by atoms with Crippen LogP contribution in [0.3, 0.4) is 0 Å². The van der Waals surface area contributed by atoms with Crippen molar-refractivity contribution in [3.05, 3.63) is 41.2 Å². The molecule has 4 heteroatoms. The first-order valence-electron chi connectivity index (χ1n) is 5.21. The molecule has 1 aromatic carbocycles. The first kappa shape index (κ1) is 11.2. The van der Waals surface area contributed by atoms with Crippen molar-refractivity contribution in [2.24, 2.45) is 0 Å². The summed E-state index contributed by atoms with van der Waals surface area (Å²) in [6.45, 7) is 3.82. The van der Waals surface area contributed by atoms with Crippen LogP contribution >= 0.6 is 11.3 Å².